The molecule has 1 aromatic heterocycles. The minimum atomic E-state index is -4.64. The van der Waals surface area contributed by atoms with E-state index in [1.165, 1.54) is 0 Å². The van der Waals surface area contributed by atoms with E-state index in [2.05, 4.69) is 9.75 Å². The summed E-state index contributed by atoms with van der Waals surface area (Å²) >= 11 is 0. The van der Waals surface area contributed by atoms with Crippen LogP contribution in [-0.2, 0) is 10.9 Å². The number of alkyl halides is 3. The smallest absolute Gasteiger partial charge is 0.498 e. The summed E-state index contributed by atoms with van der Waals surface area (Å²) in [6, 6.07) is 0.609. The molecular weight excluding hydrogens is 268 g/mol. The Kier molecular flexibility index (Phi) is 4.02. The van der Waals surface area contributed by atoms with Crippen molar-refractivity contribution in [3.8, 4) is 5.88 Å². The van der Waals surface area contributed by atoms with Crippen LogP contribution in [0.15, 0.2) is 6.07 Å². The Morgan fingerprint density at radius 3 is 2.68 bits per heavy atom. The lowest BCUT2D eigenvalue weighted by atomic mass is 10.2. The first-order valence-electron chi connectivity index (χ1n) is 5.69. The third kappa shape index (κ3) is 3.40. The van der Waals surface area contributed by atoms with Gasteiger partial charge in [-0.05, 0) is 19.3 Å². The van der Waals surface area contributed by atoms with Gasteiger partial charge in [-0.1, -0.05) is 0 Å². The molecule has 106 valence electrons. The van der Waals surface area contributed by atoms with E-state index in [1.54, 1.807) is 0 Å². The third-order valence-electron chi connectivity index (χ3n) is 2.65. The molecule has 1 aliphatic rings. The van der Waals surface area contributed by atoms with Gasteiger partial charge >= 0.3 is 13.5 Å². The molecule has 1 unspecified atom stereocenters. The maximum absolute atomic E-state index is 12.6. The van der Waals surface area contributed by atoms with Gasteiger partial charge in [0.15, 0.2) is 17.8 Å². The van der Waals surface area contributed by atoms with Crippen molar-refractivity contribution in [2.45, 2.75) is 31.7 Å². The lowest BCUT2D eigenvalue weighted by Crippen LogP contribution is -2.25. The van der Waals surface area contributed by atoms with Crippen molar-refractivity contribution in [3.05, 3.63) is 11.8 Å². The highest BCUT2D eigenvalue weighted by atomic mass is 19.4. The summed E-state index contributed by atoms with van der Waals surface area (Å²) in [6.45, 7) is 0.410. The summed E-state index contributed by atoms with van der Waals surface area (Å²) in [5.74, 6) is -0.394. The fourth-order valence-electron chi connectivity index (χ4n) is 1.83. The van der Waals surface area contributed by atoms with Crippen molar-refractivity contribution in [1.82, 2.24) is 9.78 Å². The fraction of sp³-hybridized carbons (Fsp3) is 0.667. The van der Waals surface area contributed by atoms with Crippen LogP contribution in [0.3, 0.4) is 0 Å². The highest BCUT2D eigenvalue weighted by Gasteiger charge is 2.37. The zero-order chi connectivity index (χ0) is 14.0. The van der Waals surface area contributed by atoms with Crippen LogP contribution in [0.4, 0.5) is 13.2 Å². The van der Waals surface area contributed by atoms with Gasteiger partial charge in [-0.3, -0.25) is 0 Å². The van der Waals surface area contributed by atoms with E-state index in [-0.39, 0.29) is 0 Å². The predicted molar refractivity (Wildman–Crippen MR) is 56.9 cm³/mol. The third-order valence-corrected chi connectivity index (χ3v) is 2.65. The average molecular weight is 280 g/mol. The number of nitrogens with zero attached hydrogens (tertiary/aromatic N) is 2. The van der Waals surface area contributed by atoms with E-state index in [9.17, 15) is 13.2 Å². The number of rotatable bonds is 3. The van der Waals surface area contributed by atoms with Crippen LogP contribution < -0.4 is 4.65 Å². The molecule has 0 amide bonds. The summed E-state index contributed by atoms with van der Waals surface area (Å²) in [4.78, 5) is 0. The van der Waals surface area contributed by atoms with Gasteiger partial charge in [0, 0.05) is 12.7 Å². The van der Waals surface area contributed by atoms with Crippen LogP contribution in [0.1, 0.15) is 31.2 Å². The predicted octanol–water partition coefficient (Wildman–Crippen LogP) is 0.949. The van der Waals surface area contributed by atoms with Crippen molar-refractivity contribution in [1.29, 1.82) is 0 Å². The summed E-state index contributed by atoms with van der Waals surface area (Å²) in [7, 11) is -2.22. The van der Waals surface area contributed by atoms with Gasteiger partial charge in [0.25, 0.3) is 0 Å². The highest BCUT2D eigenvalue weighted by molar-refractivity contribution is 6.33. The monoisotopic (exact) mass is 280 g/mol. The molecule has 0 spiro atoms. The largest absolute Gasteiger partial charge is 0.708 e. The molecule has 6 nitrogen and oxygen atoms in total. The first-order chi connectivity index (χ1) is 8.88. The Labute approximate surface area is 106 Å². The first-order valence-corrected chi connectivity index (χ1v) is 5.69. The number of hydrogen-bond donors (Lipinski definition) is 2. The molecule has 1 fully saturated rings. The van der Waals surface area contributed by atoms with Crippen molar-refractivity contribution < 1.29 is 32.6 Å². The zero-order valence-corrected chi connectivity index (χ0v) is 9.80. The Hall–Kier alpha value is -1.26. The molecule has 0 saturated carbocycles. The second-order valence-electron chi connectivity index (χ2n) is 4.08. The normalized spacial score (nSPS) is 20.4. The Bertz CT molecular complexity index is 432. The maximum atomic E-state index is 12.6. The van der Waals surface area contributed by atoms with Gasteiger partial charge in [0.2, 0.25) is 0 Å². The topological polar surface area (TPSA) is 76.7 Å². The van der Waals surface area contributed by atoms with E-state index >= 15 is 0 Å². The van der Waals surface area contributed by atoms with Crippen molar-refractivity contribution >= 4 is 7.32 Å². The molecule has 10 heteroatoms. The second kappa shape index (κ2) is 5.39. The summed E-state index contributed by atoms with van der Waals surface area (Å²) in [6.07, 6.45) is -3.25. The molecule has 1 aliphatic heterocycles. The van der Waals surface area contributed by atoms with Gasteiger partial charge in [0.1, 0.15) is 0 Å². The first kappa shape index (κ1) is 14.2. The zero-order valence-electron chi connectivity index (χ0n) is 9.80. The molecule has 0 radical (unpaired) electrons. The van der Waals surface area contributed by atoms with Crippen LogP contribution in [0.25, 0.3) is 0 Å². The van der Waals surface area contributed by atoms with Gasteiger partial charge in [-0.15, -0.1) is 0 Å². The Balaban J connectivity index is 2.30. The Morgan fingerprint density at radius 1 is 1.42 bits per heavy atom. The lowest BCUT2D eigenvalue weighted by Gasteiger charge is -2.24. The molecule has 1 saturated heterocycles. The minimum Gasteiger partial charge on any atom is -0.498 e. The molecule has 0 bridgehead atoms. The van der Waals surface area contributed by atoms with E-state index in [1.807, 2.05) is 0 Å². The standard InChI is InChI=1S/C9H12BF3N2O4/c11-9(12,13)6-5-8(19-10(16)17)15(14-6)7-3-1-2-4-18-7/h5,7,16-17H,1-4H2. The molecule has 2 rings (SSSR count). The molecule has 0 aliphatic carbocycles. The van der Waals surface area contributed by atoms with E-state index in [0.717, 1.165) is 17.5 Å². The minimum absolute atomic E-state index is 0.394. The summed E-state index contributed by atoms with van der Waals surface area (Å²) in [5.41, 5.74) is -1.17. The number of ether oxygens (including phenoxy) is 1. The van der Waals surface area contributed by atoms with E-state index < -0.39 is 31.3 Å². The van der Waals surface area contributed by atoms with E-state index in [4.69, 9.17) is 14.8 Å². The van der Waals surface area contributed by atoms with Crippen LogP contribution >= 0.6 is 0 Å². The van der Waals surface area contributed by atoms with E-state index in [0.29, 0.717) is 19.1 Å². The van der Waals surface area contributed by atoms with Crippen LogP contribution in [0.5, 0.6) is 5.88 Å². The molecule has 2 N–H and O–H groups in total. The SMILES string of the molecule is OB(O)Oc1cc(C(F)(F)F)nn1C1CCCCO1. The highest BCUT2D eigenvalue weighted by Crippen LogP contribution is 2.34. The summed E-state index contributed by atoms with van der Waals surface area (Å²) in [5, 5.41) is 20.8. The molecule has 2 heterocycles. The number of hydrogen-bond acceptors (Lipinski definition) is 5. The van der Waals surface area contributed by atoms with Crippen LogP contribution in [-0.4, -0.2) is 33.8 Å². The fourth-order valence-corrected chi connectivity index (χ4v) is 1.83. The van der Waals surface area contributed by atoms with Gasteiger partial charge in [-0.2, -0.15) is 18.3 Å². The van der Waals surface area contributed by atoms with Crippen molar-refractivity contribution in [3.63, 3.8) is 0 Å². The second-order valence-corrected chi connectivity index (χ2v) is 4.08. The molecule has 1 atom stereocenters. The Morgan fingerprint density at radius 2 is 2.16 bits per heavy atom. The quantitative estimate of drug-likeness (QED) is 0.806. The molecule has 1 aromatic rings. The average Bonchev–Trinajstić information content (AvgIpc) is 2.73. The van der Waals surface area contributed by atoms with Gasteiger partial charge in [0.05, 0.1) is 0 Å². The van der Waals surface area contributed by atoms with Gasteiger partial charge < -0.3 is 19.4 Å². The van der Waals surface area contributed by atoms with Gasteiger partial charge in [-0.25, -0.2) is 4.68 Å². The number of aromatic nitrogens is 2. The van der Waals surface area contributed by atoms with Crippen molar-refractivity contribution in [2.24, 2.45) is 0 Å². The van der Waals surface area contributed by atoms with Crippen LogP contribution in [0, 0.1) is 0 Å². The maximum Gasteiger partial charge on any atom is 0.708 e. The molecular formula is C9H12BF3N2O4. The lowest BCUT2D eigenvalue weighted by molar-refractivity contribution is -0.142. The van der Waals surface area contributed by atoms with Crippen molar-refractivity contribution in [2.75, 3.05) is 6.61 Å². The summed E-state index contributed by atoms with van der Waals surface area (Å²) < 4.78 is 48.5. The molecule has 19 heavy (non-hydrogen) atoms. The van der Waals surface area contributed by atoms with Crippen LogP contribution in [0.2, 0.25) is 0 Å². The number of halogens is 3. The molecule has 0 aromatic carbocycles.